The quantitative estimate of drug-likeness (QED) is 0.105. The van der Waals surface area contributed by atoms with Gasteiger partial charge in [0.15, 0.2) is 0 Å². The zero-order valence-electron chi connectivity index (χ0n) is 31.6. The molecule has 0 atom stereocenters. The van der Waals surface area contributed by atoms with Crippen LogP contribution in [0.3, 0.4) is 0 Å². The van der Waals surface area contributed by atoms with E-state index in [0.29, 0.717) is 0 Å². The van der Waals surface area contributed by atoms with Crippen molar-refractivity contribution >= 4 is 22.7 Å². The molecule has 0 aromatic heterocycles. The number of anilines is 4. The highest BCUT2D eigenvalue weighted by molar-refractivity contribution is 5.90. The maximum Gasteiger partial charge on any atom is 0.0463 e. The summed E-state index contributed by atoms with van der Waals surface area (Å²) in [7, 11) is 0. The average Bonchev–Trinajstić information content (AvgIpc) is 3.46. The predicted molar refractivity (Wildman–Crippen MR) is 225 cm³/mol. The molecule has 0 saturated carbocycles. The first-order valence-electron chi connectivity index (χ1n) is 19.7. The second kappa shape index (κ2) is 16.1. The van der Waals surface area contributed by atoms with Crippen LogP contribution in [0.25, 0.3) is 33.4 Å². The van der Waals surface area contributed by atoms with E-state index in [2.05, 4.69) is 172 Å². The Labute approximate surface area is 312 Å². The van der Waals surface area contributed by atoms with Crippen molar-refractivity contribution < 1.29 is 0 Å². The first kappa shape index (κ1) is 35.3. The molecule has 0 amide bonds. The van der Waals surface area contributed by atoms with E-state index < -0.39 is 0 Å². The summed E-state index contributed by atoms with van der Waals surface area (Å²) in [5, 5.41) is 7.46. The maximum atomic E-state index is 3.77. The van der Waals surface area contributed by atoms with Gasteiger partial charge < -0.3 is 10.6 Å². The molecule has 0 heterocycles. The molecule has 0 unspecified atom stereocenters. The van der Waals surface area contributed by atoms with Gasteiger partial charge in [0, 0.05) is 39.3 Å². The molecular formula is C50H54N2. The molecule has 2 heteroatoms. The van der Waals surface area contributed by atoms with Crippen LogP contribution < -0.4 is 10.6 Å². The summed E-state index contributed by atoms with van der Waals surface area (Å²) in [4.78, 5) is 0. The van der Waals surface area contributed by atoms with Gasteiger partial charge in [-0.15, -0.1) is 0 Å². The largest absolute Gasteiger partial charge is 0.355 e. The zero-order valence-corrected chi connectivity index (χ0v) is 31.6. The highest BCUT2D eigenvalue weighted by Gasteiger charge is 2.41. The summed E-state index contributed by atoms with van der Waals surface area (Å²) in [6, 6.07) is 49.5. The van der Waals surface area contributed by atoms with E-state index in [4.69, 9.17) is 0 Å². The van der Waals surface area contributed by atoms with Gasteiger partial charge in [0.2, 0.25) is 0 Å². The Balaban J connectivity index is 1.15. The first-order valence-corrected chi connectivity index (χ1v) is 19.7. The molecule has 0 spiro atoms. The molecule has 0 saturated heterocycles. The molecule has 0 radical (unpaired) electrons. The fourth-order valence-corrected chi connectivity index (χ4v) is 8.34. The summed E-state index contributed by atoms with van der Waals surface area (Å²) in [5.74, 6) is 0. The van der Waals surface area contributed by atoms with Crippen molar-refractivity contribution in [2.75, 3.05) is 10.6 Å². The van der Waals surface area contributed by atoms with E-state index in [-0.39, 0.29) is 5.41 Å². The van der Waals surface area contributed by atoms with Crippen LogP contribution in [-0.4, -0.2) is 0 Å². The molecule has 0 fully saturated rings. The minimum Gasteiger partial charge on any atom is -0.355 e. The van der Waals surface area contributed by atoms with Gasteiger partial charge in [0.05, 0.1) is 0 Å². The molecule has 264 valence electrons. The van der Waals surface area contributed by atoms with Crippen LogP contribution >= 0.6 is 0 Å². The van der Waals surface area contributed by atoms with Gasteiger partial charge in [-0.2, -0.15) is 0 Å². The molecule has 6 aromatic rings. The van der Waals surface area contributed by atoms with Crippen LogP contribution in [-0.2, 0) is 11.8 Å². The number of hydrogen-bond donors (Lipinski definition) is 2. The standard InChI is InChI=1S/C50H54N2/c1-5-8-9-10-11-12-17-37-24-30-41(31-25-37)52-49-21-16-14-19-43(49)39-27-33-45-44-32-26-38(34-46(44)50(6-2,7-3)47(45)35-39)42-18-13-15-20-48(42)51-40-28-22-36(4)23-29-40/h13-16,18-35,51-52H,5-12,17H2,1-4H3. The molecule has 7 rings (SSSR count). The summed E-state index contributed by atoms with van der Waals surface area (Å²) in [5.41, 5.74) is 17.7. The summed E-state index contributed by atoms with van der Waals surface area (Å²) >= 11 is 0. The summed E-state index contributed by atoms with van der Waals surface area (Å²) < 4.78 is 0. The van der Waals surface area contributed by atoms with Gasteiger partial charge in [-0.1, -0.05) is 143 Å². The van der Waals surface area contributed by atoms with E-state index >= 15 is 0 Å². The molecule has 0 bridgehead atoms. The van der Waals surface area contributed by atoms with E-state index in [0.717, 1.165) is 42.0 Å². The van der Waals surface area contributed by atoms with Crippen molar-refractivity contribution in [3.63, 3.8) is 0 Å². The third-order valence-corrected chi connectivity index (χ3v) is 11.4. The van der Waals surface area contributed by atoms with E-state index in [1.807, 2.05) is 0 Å². The fraction of sp³-hybridized carbons (Fsp3) is 0.280. The molecule has 1 aliphatic rings. The van der Waals surface area contributed by atoms with Crippen LogP contribution in [0, 0.1) is 6.92 Å². The van der Waals surface area contributed by atoms with Crippen molar-refractivity contribution in [2.45, 2.75) is 90.9 Å². The van der Waals surface area contributed by atoms with Crippen LogP contribution in [0.4, 0.5) is 22.7 Å². The normalized spacial score (nSPS) is 12.7. The van der Waals surface area contributed by atoms with Gasteiger partial charge in [-0.05, 0) is 120 Å². The third-order valence-electron chi connectivity index (χ3n) is 11.4. The summed E-state index contributed by atoms with van der Waals surface area (Å²) in [6.45, 7) is 9.13. The van der Waals surface area contributed by atoms with Crippen molar-refractivity contribution in [1.29, 1.82) is 0 Å². The highest BCUT2D eigenvalue weighted by Crippen LogP contribution is 2.54. The number of hydrogen-bond acceptors (Lipinski definition) is 2. The lowest BCUT2D eigenvalue weighted by Gasteiger charge is -2.30. The second-order valence-electron chi connectivity index (χ2n) is 14.7. The molecular weight excluding hydrogens is 629 g/mol. The van der Waals surface area contributed by atoms with Gasteiger partial charge in [0.25, 0.3) is 0 Å². The minimum atomic E-state index is -0.0514. The Hall–Kier alpha value is -5.08. The van der Waals surface area contributed by atoms with Crippen LogP contribution in [0.15, 0.2) is 133 Å². The van der Waals surface area contributed by atoms with Gasteiger partial charge in [-0.25, -0.2) is 0 Å². The topological polar surface area (TPSA) is 24.1 Å². The number of benzene rings is 6. The number of para-hydroxylation sites is 2. The Bertz CT molecular complexity index is 2100. The number of aryl methyl sites for hydroxylation is 2. The molecule has 2 nitrogen and oxygen atoms in total. The number of unbranched alkanes of at least 4 members (excludes halogenated alkanes) is 5. The van der Waals surface area contributed by atoms with Crippen LogP contribution in [0.1, 0.15) is 94.4 Å². The number of nitrogens with one attached hydrogen (secondary N) is 2. The van der Waals surface area contributed by atoms with Crippen molar-refractivity contribution in [1.82, 2.24) is 0 Å². The average molecular weight is 683 g/mol. The van der Waals surface area contributed by atoms with Gasteiger partial charge in [-0.3, -0.25) is 0 Å². The maximum absolute atomic E-state index is 3.77. The Morgan fingerprint density at radius 2 is 0.942 bits per heavy atom. The first-order chi connectivity index (χ1) is 25.5. The lowest BCUT2D eigenvalue weighted by Crippen LogP contribution is -2.23. The summed E-state index contributed by atoms with van der Waals surface area (Å²) in [6.07, 6.45) is 11.3. The SMILES string of the molecule is CCCCCCCCc1ccc(Nc2ccccc2-c2ccc3c(c2)C(CC)(CC)c2cc(-c4ccccc4Nc4ccc(C)cc4)ccc2-3)cc1. The second-order valence-corrected chi connectivity index (χ2v) is 14.7. The van der Waals surface area contributed by atoms with E-state index in [9.17, 15) is 0 Å². The van der Waals surface area contributed by atoms with E-state index in [1.165, 1.54) is 94.2 Å². The molecule has 52 heavy (non-hydrogen) atoms. The monoisotopic (exact) mass is 682 g/mol. The number of rotatable bonds is 15. The van der Waals surface area contributed by atoms with E-state index in [1.54, 1.807) is 0 Å². The Morgan fingerprint density at radius 3 is 1.46 bits per heavy atom. The molecule has 2 N–H and O–H groups in total. The van der Waals surface area contributed by atoms with Crippen LogP contribution in [0.2, 0.25) is 0 Å². The van der Waals surface area contributed by atoms with Crippen LogP contribution in [0.5, 0.6) is 0 Å². The van der Waals surface area contributed by atoms with Crippen molar-refractivity contribution in [3.05, 3.63) is 156 Å². The molecule has 0 aliphatic heterocycles. The number of fused-ring (bicyclic) bond motifs is 3. The lowest BCUT2D eigenvalue weighted by atomic mass is 9.73. The Morgan fingerprint density at radius 1 is 0.462 bits per heavy atom. The molecule has 6 aromatic carbocycles. The fourth-order valence-electron chi connectivity index (χ4n) is 8.34. The lowest BCUT2D eigenvalue weighted by molar-refractivity contribution is 0.491. The highest BCUT2D eigenvalue weighted by atomic mass is 14.9. The van der Waals surface area contributed by atoms with Crippen molar-refractivity contribution in [3.8, 4) is 33.4 Å². The van der Waals surface area contributed by atoms with Crippen molar-refractivity contribution in [2.24, 2.45) is 0 Å². The minimum absolute atomic E-state index is 0.0514. The smallest absolute Gasteiger partial charge is 0.0463 e. The van der Waals surface area contributed by atoms with Gasteiger partial charge >= 0.3 is 0 Å². The molecule has 1 aliphatic carbocycles. The third kappa shape index (κ3) is 7.30. The predicted octanol–water partition coefficient (Wildman–Crippen LogP) is 14.8. The van der Waals surface area contributed by atoms with Gasteiger partial charge in [0.1, 0.15) is 0 Å². The Kier molecular flexibility index (Phi) is 10.9. The zero-order chi connectivity index (χ0) is 35.9.